The maximum absolute atomic E-state index is 12.8. The van der Waals surface area contributed by atoms with Crippen LogP contribution in [-0.2, 0) is 28.7 Å². The SMILES string of the molecule is CC(=O)CCC(=O)N(CCOCCOCCC(=O)O)C1CCN(C(=O)CCC(C)C)CC1. The normalized spacial score (nSPS) is 14.6. The minimum Gasteiger partial charge on any atom is -0.481 e. The molecule has 32 heavy (non-hydrogen) atoms. The van der Waals surface area contributed by atoms with Crippen LogP contribution in [0.4, 0.5) is 0 Å². The molecule has 0 atom stereocenters. The fraction of sp³-hybridized carbons (Fsp3) is 0.826. The number of rotatable bonds is 16. The molecule has 0 aromatic carbocycles. The van der Waals surface area contributed by atoms with E-state index in [1.54, 1.807) is 4.90 Å². The van der Waals surface area contributed by atoms with E-state index in [2.05, 4.69) is 13.8 Å². The summed E-state index contributed by atoms with van der Waals surface area (Å²) in [6.07, 6.45) is 3.24. The van der Waals surface area contributed by atoms with E-state index in [-0.39, 0.29) is 49.5 Å². The first-order valence-electron chi connectivity index (χ1n) is 11.6. The molecule has 1 saturated heterocycles. The van der Waals surface area contributed by atoms with Crippen molar-refractivity contribution in [3.05, 3.63) is 0 Å². The summed E-state index contributed by atoms with van der Waals surface area (Å²) in [6.45, 7) is 8.46. The highest BCUT2D eigenvalue weighted by atomic mass is 16.5. The summed E-state index contributed by atoms with van der Waals surface area (Å²) in [5.41, 5.74) is 0. The van der Waals surface area contributed by atoms with Crippen LogP contribution in [0.1, 0.15) is 65.7 Å². The molecule has 1 aliphatic rings. The molecule has 1 fully saturated rings. The van der Waals surface area contributed by atoms with E-state index in [1.165, 1.54) is 6.92 Å². The minimum absolute atomic E-state index is 0.0152. The molecule has 0 radical (unpaired) electrons. The summed E-state index contributed by atoms with van der Waals surface area (Å²) in [4.78, 5) is 50.6. The maximum Gasteiger partial charge on any atom is 0.305 e. The third-order valence-electron chi connectivity index (χ3n) is 5.51. The van der Waals surface area contributed by atoms with Crippen LogP contribution in [-0.4, -0.2) is 90.6 Å². The predicted molar refractivity (Wildman–Crippen MR) is 119 cm³/mol. The number of carbonyl (C=O) groups excluding carboxylic acids is 3. The van der Waals surface area contributed by atoms with Gasteiger partial charge in [0.05, 0.1) is 32.8 Å². The second-order valence-electron chi connectivity index (χ2n) is 8.70. The van der Waals surface area contributed by atoms with Crippen molar-refractivity contribution in [2.45, 2.75) is 71.8 Å². The fourth-order valence-corrected chi connectivity index (χ4v) is 3.58. The van der Waals surface area contributed by atoms with Crippen molar-refractivity contribution in [3.63, 3.8) is 0 Å². The average molecular weight is 457 g/mol. The van der Waals surface area contributed by atoms with E-state index >= 15 is 0 Å². The highest BCUT2D eigenvalue weighted by Gasteiger charge is 2.29. The Hall–Kier alpha value is -2.00. The van der Waals surface area contributed by atoms with Gasteiger partial charge < -0.3 is 29.2 Å². The molecule has 0 aliphatic carbocycles. The molecule has 9 heteroatoms. The Kier molecular flexibility index (Phi) is 13.8. The number of carboxylic acid groups (broad SMARTS) is 1. The minimum atomic E-state index is -0.904. The van der Waals surface area contributed by atoms with Gasteiger partial charge in [0, 0.05) is 44.9 Å². The smallest absolute Gasteiger partial charge is 0.305 e. The number of hydrogen-bond acceptors (Lipinski definition) is 6. The van der Waals surface area contributed by atoms with Gasteiger partial charge in [-0.2, -0.15) is 0 Å². The number of likely N-dealkylation sites (tertiary alicyclic amines) is 1. The Balaban J connectivity index is 2.47. The van der Waals surface area contributed by atoms with E-state index in [0.717, 1.165) is 19.3 Å². The van der Waals surface area contributed by atoms with Crippen molar-refractivity contribution in [1.29, 1.82) is 0 Å². The van der Waals surface area contributed by atoms with E-state index in [4.69, 9.17) is 14.6 Å². The van der Waals surface area contributed by atoms with Crippen LogP contribution in [0.3, 0.4) is 0 Å². The molecule has 1 N–H and O–H groups in total. The number of amides is 2. The van der Waals surface area contributed by atoms with Gasteiger partial charge in [-0.1, -0.05) is 13.8 Å². The van der Waals surface area contributed by atoms with Crippen molar-refractivity contribution >= 4 is 23.6 Å². The Morgan fingerprint density at radius 2 is 1.56 bits per heavy atom. The second-order valence-corrected chi connectivity index (χ2v) is 8.70. The van der Waals surface area contributed by atoms with E-state index in [0.29, 0.717) is 51.8 Å². The number of carbonyl (C=O) groups is 4. The standard InChI is InChI=1S/C23H40N2O7/c1-18(2)4-6-21(27)24-11-8-20(9-12-24)25(22(28)7-5-19(3)26)13-15-32-17-16-31-14-10-23(29)30/h18,20H,4-17H2,1-3H3,(H,29,30). The number of aliphatic carboxylic acids is 1. The molecule has 2 amide bonds. The van der Waals surface area contributed by atoms with Crippen molar-refractivity contribution in [2.24, 2.45) is 5.92 Å². The zero-order valence-electron chi connectivity index (χ0n) is 19.8. The van der Waals surface area contributed by atoms with Crippen molar-refractivity contribution in [2.75, 3.05) is 46.1 Å². The first-order valence-corrected chi connectivity index (χ1v) is 11.6. The molecule has 1 heterocycles. The van der Waals surface area contributed by atoms with Gasteiger partial charge in [0.2, 0.25) is 11.8 Å². The first-order chi connectivity index (χ1) is 15.2. The number of ether oxygens (including phenoxy) is 2. The highest BCUT2D eigenvalue weighted by Crippen LogP contribution is 2.19. The number of hydrogen-bond donors (Lipinski definition) is 1. The van der Waals surface area contributed by atoms with Crippen molar-refractivity contribution < 1.29 is 33.8 Å². The molecule has 0 unspecified atom stereocenters. The van der Waals surface area contributed by atoms with Gasteiger partial charge in [0.1, 0.15) is 5.78 Å². The van der Waals surface area contributed by atoms with Gasteiger partial charge in [0.15, 0.2) is 0 Å². The molecule has 0 spiro atoms. The van der Waals surface area contributed by atoms with Gasteiger partial charge in [-0.15, -0.1) is 0 Å². The topological polar surface area (TPSA) is 113 Å². The van der Waals surface area contributed by atoms with Crippen LogP contribution in [0.25, 0.3) is 0 Å². The Bertz CT molecular complexity index is 601. The van der Waals surface area contributed by atoms with Gasteiger partial charge in [-0.25, -0.2) is 0 Å². The monoisotopic (exact) mass is 456 g/mol. The summed E-state index contributed by atoms with van der Waals surface area (Å²) in [5, 5.41) is 8.57. The van der Waals surface area contributed by atoms with Gasteiger partial charge in [0.25, 0.3) is 0 Å². The molecule has 184 valence electrons. The van der Waals surface area contributed by atoms with E-state index in [9.17, 15) is 19.2 Å². The summed E-state index contributed by atoms with van der Waals surface area (Å²) in [5.74, 6) is -0.311. The third-order valence-corrected chi connectivity index (χ3v) is 5.51. The predicted octanol–water partition coefficient (Wildman–Crippen LogP) is 2.12. The third kappa shape index (κ3) is 12.1. The fourth-order valence-electron chi connectivity index (χ4n) is 3.58. The number of piperidine rings is 1. The first kappa shape index (κ1) is 28.0. The van der Waals surface area contributed by atoms with E-state index < -0.39 is 5.97 Å². The molecule has 1 aliphatic heterocycles. The van der Waals surface area contributed by atoms with Gasteiger partial charge >= 0.3 is 5.97 Å². The highest BCUT2D eigenvalue weighted by molar-refractivity contribution is 5.83. The van der Waals surface area contributed by atoms with Crippen LogP contribution in [0.15, 0.2) is 0 Å². The van der Waals surface area contributed by atoms with Crippen LogP contribution in [0, 0.1) is 5.92 Å². The van der Waals surface area contributed by atoms with Crippen LogP contribution < -0.4 is 0 Å². The largest absolute Gasteiger partial charge is 0.481 e. The van der Waals surface area contributed by atoms with Gasteiger partial charge in [-0.05, 0) is 32.1 Å². The Morgan fingerprint density at radius 1 is 0.938 bits per heavy atom. The lowest BCUT2D eigenvalue weighted by molar-refractivity contribution is -0.139. The zero-order valence-corrected chi connectivity index (χ0v) is 19.8. The van der Waals surface area contributed by atoms with Gasteiger partial charge in [-0.3, -0.25) is 14.4 Å². The Labute approximate surface area is 191 Å². The molecule has 0 aromatic heterocycles. The lowest BCUT2D eigenvalue weighted by atomic mass is 10.0. The molecule has 0 aromatic rings. The van der Waals surface area contributed by atoms with Crippen LogP contribution in [0.5, 0.6) is 0 Å². The van der Waals surface area contributed by atoms with Crippen molar-refractivity contribution in [3.8, 4) is 0 Å². The molecule has 0 bridgehead atoms. The van der Waals surface area contributed by atoms with Crippen LogP contribution >= 0.6 is 0 Å². The number of Topliss-reactive ketones (excluding diaryl/α,β-unsaturated/α-hetero) is 1. The molecular formula is C23H40N2O7. The summed E-state index contributed by atoms with van der Waals surface area (Å²) in [6, 6.07) is 0.0269. The summed E-state index contributed by atoms with van der Waals surface area (Å²) >= 11 is 0. The average Bonchev–Trinajstić information content (AvgIpc) is 2.74. The molecule has 0 saturated carbocycles. The zero-order chi connectivity index (χ0) is 23.9. The molecular weight excluding hydrogens is 416 g/mol. The lowest BCUT2D eigenvalue weighted by Gasteiger charge is -2.39. The number of ketones is 1. The second kappa shape index (κ2) is 15.7. The van der Waals surface area contributed by atoms with Crippen molar-refractivity contribution in [1.82, 2.24) is 9.80 Å². The lowest BCUT2D eigenvalue weighted by Crippen LogP contribution is -2.49. The van der Waals surface area contributed by atoms with E-state index in [1.807, 2.05) is 4.90 Å². The summed E-state index contributed by atoms with van der Waals surface area (Å²) in [7, 11) is 0. The summed E-state index contributed by atoms with van der Waals surface area (Å²) < 4.78 is 10.7. The number of carboxylic acids is 1. The Morgan fingerprint density at radius 3 is 2.12 bits per heavy atom. The quantitative estimate of drug-likeness (QED) is 0.354. The number of nitrogens with zero attached hydrogens (tertiary/aromatic N) is 2. The maximum atomic E-state index is 12.8. The molecule has 1 rings (SSSR count). The molecule has 9 nitrogen and oxygen atoms in total. The van der Waals surface area contributed by atoms with Crippen LogP contribution in [0.2, 0.25) is 0 Å².